The van der Waals surface area contributed by atoms with Gasteiger partial charge in [0.1, 0.15) is 5.82 Å². The Hall–Kier alpha value is -1.96. The van der Waals surface area contributed by atoms with Crippen molar-refractivity contribution in [2.75, 3.05) is 19.8 Å². The van der Waals surface area contributed by atoms with Gasteiger partial charge < -0.3 is 14.7 Å². The van der Waals surface area contributed by atoms with E-state index in [0.29, 0.717) is 19.0 Å². The zero-order chi connectivity index (χ0) is 13.1. The molecular weight excluding hydrogens is 240 g/mol. The van der Waals surface area contributed by atoms with E-state index in [-0.39, 0.29) is 24.8 Å². The van der Waals surface area contributed by atoms with Gasteiger partial charge in [0, 0.05) is 6.54 Å². The van der Waals surface area contributed by atoms with Crippen LogP contribution in [0.3, 0.4) is 0 Å². The van der Waals surface area contributed by atoms with Crippen molar-refractivity contribution in [2.45, 2.75) is 19.4 Å². The van der Waals surface area contributed by atoms with Gasteiger partial charge in [-0.2, -0.15) is 0 Å². The largest absolute Gasteiger partial charge is 0.481 e. The number of hydrogen-bond donors (Lipinski definition) is 2. The molecule has 1 saturated heterocycles. The molecule has 1 aliphatic rings. The number of aliphatic carboxylic acids is 1. The van der Waals surface area contributed by atoms with Crippen molar-refractivity contribution < 1.29 is 19.4 Å². The zero-order valence-corrected chi connectivity index (χ0v) is 9.92. The van der Waals surface area contributed by atoms with E-state index in [1.54, 1.807) is 6.92 Å². The molecule has 1 amide bonds. The van der Waals surface area contributed by atoms with Gasteiger partial charge in [-0.15, -0.1) is 5.10 Å². The Kier molecular flexibility index (Phi) is 3.56. The van der Waals surface area contributed by atoms with Crippen molar-refractivity contribution in [3.05, 3.63) is 11.6 Å². The maximum atomic E-state index is 12.1. The number of nitrogens with zero attached hydrogens (tertiary/aromatic N) is 3. The second kappa shape index (κ2) is 5.13. The molecule has 8 nitrogen and oxygen atoms in total. The first-order valence-electron chi connectivity index (χ1n) is 5.57. The Morgan fingerprint density at radius 3 is 3.00 bits per heavy atom. The van der Waals surface area contributed by atoms with Crippen molar-refractivity contribution in [2.24, 2.45) is 0 Å². The summed E-state index contributed by atoms with van der Waals surface area (Å²) in [6, 6.07) is -0.470. The second-order valence-electron chi connectivity index (χ2n) is 4.07. The first kappa shape index (κ1) is 12.5. The van der Waals surface area contributed by atoms with Crippen molar-refractivity contribution in [1.82, 2.24) is 20.1 Å². The first-order valence-corrected chi connectivity index (χ1v) is 5.57. The number of aryl methyl sites for hydroxylation is 1. The highest BCUT2D eigenvalue weighted by atomic mass is 16.5. The Balaban J connectivity index is 2.13. The van der Waals surface area contributed by atoms with E-state index in [1.807, 2.05) is 0 Å². The van der Waals surface area contributed by atoms with Gasteiger partial charge in [-0.25, -0.2) is 4.98 Å². The van der Waals surface area contributed by atoms with Crippen LogP contribution < -0.4 is 0 Å². The minimum Gasteiger partial charge on any atom is -0.481 e. The number of carboxylic acids is 1. The number of ether oxygens (including phenoxy) is 1. The van der Waals surface area contributed by atoms with Gasteiger partial charge in [0.05, 0.1) is 25.7 Å². The van der Waals surface area contributed by atoms with E-state index in [1.165, 1.54) is 4.90 Å². The van der Waals surface area contributed by atoms with Gasteiger partial charge in [-0.05, 0) is 6.92 Å². The number of nitrogens with one attached hydrogen (secondary N) is 1. The number of aromatic amines is 1. The van der Waals surface area contributed by atoms with Crippen LogP contribution in [0.2, 0.25) is 0 Å². The van der Waals surface area contributed by atoms with E-state index < -0.39 is 12.0 Å². The number of carbonyl (C=O) groups excluding carboxylic acids is 1. The Morgan fingerprint density at radius 1 is 1.61 bits per heavy atom. The normalized spacial score (nSPS) is 19.8. The summed E-state index contributed by atoms with van der Waals surface area (Å²) >= 11 is 0. The molecule has 1 aromatic rings. The molecule has 0 bridgehead atoms. The fourth-order valence-corrected chi connectivity index (χ4v) is 1.86. The molecule has 98 valence electrons. The summed E-state index contributed by atoms with van der Waals surface area (Å²) in [6.45, 7) is 2.66. The molecule has 2 N–H and O–H groups in total. The summed E-state index contributed by atoms with van der Waals surface area (Å²) in [5.74, 6) is -0.727. The number of carbonyl (C=O) groups is 2. The Labute approximate surface area is 103 Å². The van der Waals surface area contributed by atoms with Crippen LogP contribution in [-0.2, 0) is 9.53 Å². The van der Waals surface area contributed by atoms with E-state index >= 15 is 0 Å². The van der Waals surface area contributed by atoms with E-state index in [4.69, 9.17) is 9.84 Å². The van der Waals surface area contributed by atoms with Crippen LogP contribution in [-0.4, -0.2) is 62.9 Å². The molecule has 2 rings (SSSR count). The number of aromatic nitrogens is 3. The predicted molar refractivity (Wildman–Crippen MR) is 59.0 cm³/mol. The summed E-state index contributed by atoms with van der Waals surface area (Å²) in [4.78, 5) is 28.3. The number of hydrogen-bond acceptors (Lipinski definition) is 5. The van der Waals surface area contributed by atoms with Gasteiger partial charge >= 0.3 is 5.97 Å². The van der Waals surface area contributed by atoms with E-state index in [2.05, 4.69) is 15.2 Å². The topological polar surface area (TPSA) is 108 Å². The number of H-pyrrole nitrogens is 1. The smallest absolute Gasteiger partial charge is 0.305 e. The maximum Gasteiger partial charge on any atom is 0.305 e. The minimum atomic E-state index is -0.963. The monoisotopic (exact) mass is 254 g/mol. The molecule has 0 radical (unpaired) electrons. The Morgan fingerprint density at radius 2 is 2.39 bits per heavy atom. The van der Waals surface area contributed by atoms with E-state index in [9.17, 15) is 9.59 Å². The van der Waals surface area contributed by atoms with Crippen molar-refractivity contribution >= 4 is 11.9 Å². The molecule has 1 unspecified atom stereocenters. The predicted octanol–water partition coefficient (Wildman–Crippen LogP) is -0.571. The van der Waals surface area contributed by atoms with Gasteiger partial charge in [0.15, 0.2) is 0 Å². The lowest BCUT2D eigenvalue weighted by atomic mass is 10.1. The second-order valence-corrected chi connectivity index (χ2v) is 4.07. The van der Waals surface area contributed by atoms with Crippen LogP contribution in [0.25, 0.3) is 0 Å². The summed E-state index contributed by atoms with van der Waals surface area (Å²) in [6.07, 6.45) is -0.144. The van der Waals surface area contributed by atoms with Gasteiger partial charge in [-0.3, -0.25) is 14.7 Å². The molecular formula is C10H14N4O4. The highest BCUT2D eigenvalue weighted by Gasteiger charge is 2.31. The van der Waals surface area contributed by atoms with Crippen LogP contribution in [0.4, 0.5) is 0 Å². The van der Waals surface area contributed by atoms with Crippen LogP contribution in [0.15, 0.2) is 0 Å². The summed E-state index contributed by atoms with van der Waals surface area (Å²) < 4.78 is 5.20. The van der Waals surface area contributed by atoms with Crippen LogP contribution in [0.1, 0.15) is 22.9 Å². The van der Waals surface area contributed by atoms with Crippen LogP contribution in [0, 0.1) is 6.92 Å². The lowest BCUT2D eigenvalue weighted by molar-refractivity contribution is -0.139. The molecule has 1 aliphatic heterocycles. The highest BCUT2D eigenvalue weighted by molar-refractivity contribution is 5.91. The van der Waals surface area contributed by atoms with Gasteiger partial charge in [-0.1, -0.05) is 0 Å². The minimum absolute atomic E-state index is 0.0600. The fourth-order valence-electron chi connectivity index (χ4n) is 1.86. The van der Waals surface area contributed by atoms with Gasteiger partial charge in [0.25, 0.3) is 5.91 Å². The molecule has 0 spiro atoms. The fraction of sp³-hybridized carbons (Fsp3) is 0.600. The molecule has 1 fully saturated rings. The summed E-state index contributed by atoms with van der Waals surface area (Å²) in [5, 5.41) is 15.2. The molecule has 2 heterocycles. The summed E-state index contributed by atoms with van der Waals surface area (Å²) in [5.41, 5.74) is 0. The average Bonchev–Trinajstić information content (AvgIpc) is 2.75. The number of amides is 1. The molecule has 1 aromatic heterocycles. The average molecular weight is 254 g/mol. The molecule has 0 saturated carbocycles. The van der Waals surface area contributed by atoms with Crippen molar-refractivity contribution in [1.29, 1.82) is 0 Å². The third-order valence-electron chi connectivity index (χ3n) is 2.69. The zero-order valence-electron chi connectivity index (χ0n) is 9.92. The lowest BCUT2D eigenvalue weighted by Gasteiger charge is -2.33. The third kappa shape index (κ3) is 2.65. The lowest BCUT2D eigenvalue weighted by Crippen LogP contribution is -2.49. The highest BCUT2D eigenvalue weighted by Crippen LogP contribution is 2.13. The molecule has 8 heteroatoms. The molecule has 1 atom stereocenters. The third-order valence-corrected chi connectivity index (χ3v) is 2.69. The maximum absolute atomic E-state index is 12.1. The quantitative estimate of drug-likeness (QED) is 0.747. The molecule has 18 heavy (non-hydrogen) atoms. The number of carboxylic acid groups (broad SMARTS) is 1. The van der Waals surface area contributed by atoms with Crippen molar-refractivity contribution in [3.8, 4) is 0 Å². The van der Waals surface area contributed by atoms with E-state index in [0.717, 1.165) is 0 Å². The SMILES string of the molecule is Cc1nc(C(=O)N2CCOCC2CC(=O)O)n[nH]1. The first-order chi connectivity index (χ1) is 8.58. The number of morpholine rings is 1. The molecule has 0 aromatic carbocycles. The van der Waals surface area contributed by atoms with Gasteiger partial charge in [0.2, 0.25) is 5.82 Å². The Bertz CT molecular complexity index is 458. The summed E-state index contributed by atoms with van der Waals surface area (Å²) in [7, 11) is 0. The van der Waals surface area contributed by atoms with Crippen LogP contribution >= 0.6 is 0 Å². The molecule has 0 aliphatic carbocycles. The van der Waals surface area contributed by atoms with Crippen LogP contribution in [0.5, 0.6) is 0 Å². The standard InChI is InChI=1S/C10H14N4O4/c1-6-11-9(13-12-6)10(17)14-2-3-18-5-7(14)4-8(15)16/h7H,2-5H2,1H3,(H,15,16)(H,11,12,13). The number of rotatable bonds is 3. The van der Waals surface area contributed by atoms with Crippen molar-refractivity contribution in [3.63, 3.8) is 0 Å².